The van der Waals surface area contributed by atoms with E-state index in [0.717, 1.165) is 141 Å². The smallest absolute Gasteiger partial charge is 0.410 e. The number of thioether (sulfide) groups is 1. The van der Waals surface area contributed by atoms with Crippen molar-refractivity contribution in [2.45, 2.75) is 270 Å². The van der Waals surface area contributed by atoms with Gasteiger partial charge in [0.2, 0.25) is 0 Å². The molecule has 7 radical (unpaired) electrons. The number of carbonyl (C=O) groups is 2. The van der Waals surface area contributed by atoms with Gasteiger partial charge in [0.05, 0.1) is 19.8 Å². The molecule has 12 nitrogen and oxygen atoms in total. The molecule has 20 heteroatoms. The maximum atomic E-state index is 11.9. The summed E-state index contributed by atoms with van der Waals surface area (Å²) in [5, 5.41) is 0. The van der Waals surface area contributed by atoms with Gasteiger partial charge in [-0.1, -0.05) is 177 Å². The van der Waals surface area contributed by atoms with Crippen molar-refractivity contribution < 1.29 is 258 Å². The van der Waals surface area contributed by atoms with Crippen molar-refractivity contribution in [3.05, 3.63) is 234 Å². The molecule has 4 heterocycles. The second-order valence-corrected chi connectivity index (χ2v) is 34.6. The third-order valence-corrected chi connectivity index (χ3v) is 16.4. The Morgan fingerprint density at radius 1 is 0.411 bits per heavy atom. The molecule has 1 aromatic rings. The second kappa shape index (κ2) is 118. The summed E-state index contributed by atoms with van der Waals surface area (Å²) in [4.78, 5) is 36.5. The van der Waals surface area contributed by atoms with E-state index in [4.69, 9.17) is 18.9 Å². The van der Waals surface area contributed by atoms with Crippen molar-refractivity contribution in [3.63, 3.8) is 0 Å². The predicted molar refractivity (Wildman–Crippen MR) is 526 cm³/mol. The van der Waals surface area contributed by atoms with Gasteiger partial charge in [0.15, 0.2) is 0 Å². The average Bonchev–Trinajstić information content (AvgIpc) is 0.965. The molecule has 4 aliphatic heterocycles. The summed E-state index contributed by atoms with van der Waals surface area (Å²) < 4.78 is 21.7. The van der Waals surface area contributed by atoms with Crippen LogP contribution in [-0.4, -0.2) is 196 Å². The second-order valence-electron chi connectivity index (χ2n) is 33.4. The summed E-state index contributed by atoms with van der Waals surface area (Å²) >= 11 is 2.04. The Hall–Kier alpha value is 2.35. The first-order valence-corrected chi connectivity index (χ1v) is 44.9. The molecule has 8 aliphatic rings. The van der Waals surface area contributed by atoms with Crippen LogP contribution in [0.1, 0.15) is 259 Å². The van der Waals surface area contributed by atoms with Crippen molar-refractivity contribution in [2.75, 3.05) is 143 Å². The van der Waals surface area contributed by atoms with Gasteiger partial charge in [-0.25, -0.2) is 143 Å². The summed E-state index contributed by atoms with van der Waals surface area (Å²) in [6.45, 7) is 118. The molecule has 4 saturated heterocycles. The molecule has 124 heavy (non-hydrogen) atoms. The molecule has 4 saturated carbocycles. The third kappa shape index (κ3) is 164. The van der Waals surface area contributed by atoms with Crippen molar-refractivity contribution in [2.24, 2.45) is 11.8 Å². The van der Waals surface area contributed by atoms with E-state index in [9.17, 15) is 9.59 Å². The summed E-state index contributed by atoms with van der Waals surface area (Å²) in [6, 6.07) is 12.5. The fourth-order valence-electron chi connectivity index (χ4n) is 10.0. The molecule has 0 atom stereocenters. The summed E-state index contributed by atoms with van der Waals surface area (Å²) in [6.07, 6.45) is 37.1. The Labute approximate surface area is 956 Å². The zero-order chi connectivity index (χ0) is 91.3. The molecule has 711 valence electrons. The van der Waals surface area contributed by atoms with E-state index < -0.39 is 11.2 Å². The molecule has 8 fully saturated rings. The number of hydrogen-bond donors (Lipinski definition) is 0. The number of rotatable bonds is 11. The van der Waals surface area contributed by atoms with Gasteiger partial charge in [-0.15, -0.1) is 13.1 Å². The standard InChI is InChI=1S/C15H27NO3.C11H21N2O2.C11H22N2O.2C7H13.C6H12NS.C6H11.C6H5.C5H9.7C4H7.C2H6.7Y/c1-12(2)10-18-11-13-6-8-16(9-7-13)14(17)19-15(3,4)5;1-5-12-6-8-13(9-7-12)10(14)15-11(2,3)4;1-11(2)10-14-9-8-13-6-4-12(3)5-7-13;1-7-5-3-2-4-6-7;1-2-4-6-7-5-3-1;1-2-7-3-5-8-6-4-7;2*1-2-4-6-5-3-1;1-2-4-5-3-1;7*1-4(2)3;1-2;;;;;;;/h13H,1,6-11H2,2-5H3;1,5-9H2,2-4H3;1,4-10H2,2-3H3;7H,1-6H2;1H,2-7H2;1-6H2;1H,2-6H2;1-5H;1H,2-5H2;7*1-2H2,3H3;1-2H3;;;;;;;/q;-1;;13*-1;;;;;;;;. The molecule has 0 bridgehead atoms. The van der Waals surface area contributed by atoms with E-state index in [-0.39, 0.29) is 241 Å². The molecule has 0 unspecified atom stereocenters. The first-order valence-electron chi connectivity index (χ1n) is 43.8. The van der Waals surface area contributed by atoms with Gasteiger partial charge in [0.1, 0.15) is 11.2 Å². The minimum atomic E-state index is -0.418. The third-order valence-electron chi connectivity index (χ3n) is 15.5. The van der Waals surface area contributed by atoms with Crippen LogP contribution in [0, 0.1) is 106 Å². The van der Waals surface area contributed by atoms with Crippen molar-refractivity contribution in [1.82, 2.24) is 29.4 Å². The Bertz CT molecular complexity index is 2270. The predicted octanol–water partition coefficient (Wildman–Crippen LogP) is 27.4. The molecular formula is C104H188N6O6SY7-14. The summed E-state index contributed by atoms with van der Waals surface area (Å²) in [7, 11) is 2.18. The zero-order valence-electron chi connectivity index (χ0n) is 84.2. The minimum absolute atomic E-state index is 0. The zero-order valence-corrected chi connectivity index (χ0v) is 105. The number of allylic oxidation sites excluding steroid dienone is 7. The topological polar surface area (TPSA) is 90.5 Å². The number of benzene rings is 1. The normalized spacial score (nSPS) is 15.5. The van der Waals surface area contributed by atoms with E-state index in [1.54, 1.807) is 9.80 Å². The van der Waals surface area contributed by atoms with Crippen molar-refractivity contribution in [3.8, 4) is 0 Å². The number of ether oxygens (including phenoxy) is 4. The van der Waals surface area contributed by atoms with Gasteiger partial charge in [-0.05, 0) is 81.2 Å². The van der Waals surface area contributed by atoms with Gasteiger partial charge >= 0.3 is 12.2 Å². The molecule has 0 N–H and O–H groups in total. The summed E-state index contributed by atoms with van der Waals surface area (Å²) in [5.74, 6) is 3.93. The SMILES string of the molecule is C=C(C)COCC1CCN(C(=O)OC(C)(C)C)CC1.C=C(C)COCCN1CCN(C)CC1.C=C([CH2-])C.C=C([CH2-])C.C=C([CH2-])C.C=C([CH2-])C.C=C([CH2-])C.C=C([CH2-])C.C=C([CH2-])C.CC.[CH-]1CCCC1.[CH-]1CCCCC1.[CH-]1CCCCCC1.[CH2-]C1CCCCC1.[CH2-]CN1CCN(C(=O)OC(C)(C)C)CC1.[CH2-]CN1CCSCC1.[Y].[Y].[Y].[Y].[Y].[Y].[Y].[c-]1ccccc1. The fourth-order valence-corrected chi connectivity index (χ4v) is 11.0. The van der Waals surface area contributed by atoms with Crippen LogP contribution in [0.3, 0.4) is 0 Å². The number of piperidine rings is 1. The van der Waals surface area contributed by atoms with Crippen molar-refractivity contribution >= 4 is 23.9 Å². The molecule has 2 amide bonds. The van der Waals surface area contributed by atoms with Crippen molar-refractivity contribution in [1.29, 1.82) is 0 Å². The number of nitrogens with zero attached hydrogens (tertiary/aromatic N) is 6. The maximum Gasteiger partial charge on any atom is 0.410 e. The van der Waals surface area contributed by atoms with E-state index in [1.165, 1.54) is 179 Å². The molecule has 9 rings (SSSR count). The molecule has 0 aromatic heterocycles. The monoisotopic (exact) mass is 2270 g/mol. The largest absolute Gasteiger partial charge is 0.444 e. The summed E-state index contributed by atoms with van der Waals surface area (Å²) in [5.41, 5.74) is 7.74. The van der Waals surface area contributed by atoms with Crippen LogP contribution < -0.4 is 0 Å². The fraction of sp³-hybridized carbons (Fsp3) is 0.625. The first-order chi connectivity index (χ1) is 54.8. The van der Waals surface area contributed by atoms with Crippen LogP contribution in [0.2, 0.25) is 0 Å². The minimum Gasteiger partial charge on any atom is -0.444 e. The van der Waals surface area contributed by atoms with E-state index in [1.807, 2.05) is 160 Å². The van der Waals surface area contributed by atoms with Gasteiger partial charge in [-0.2, -0.15) is 92.6 Å². The van der Waals surface area contributed by atoms with Crippen LogP contribution in [0.4, 0.5) is 9.59 Å². The molecule has 4 aliphatic carbocycles. The molecular weight excluding hydrogens is 2080 g/mol. The van der Waals surface area contributed by atoms with E-state index in [2.05, 4.69) is 180 Å². The van der Waals surface area contributed by atoms with Crippen LogP contribution in [0.15, 0.2) is 140 Å². The van der Waals surface area contributed by atoms with Gasteiger partial charge in [0, 0.05) is 332 Å². The Balaban J connectivity index is -0.0000000806. The maximum absolute atomic E-state index is 11.9. The number of likely N-dealkylation sites (tertiary alicyclic amines) is 1. The van der Waals surface area contributed by atoms with Crippen LogP contribution in [-0.2, 0) is 248 Å². The van der Waals surface area contributed by atoms with Gasteiger partial charge < -0.3 is 83.5 Å². The Morgan fingerprint density at radius 2 is 0.694 bits per heavy atom. The average molecular weight is 2270 g/mol. The van der Waals surface area contributed by atoms with Crippen LogP contribution in [0.5, 0.6) is 0 Å². The first kappa shape index (κ1) is 160. The number of likely N-dealkylation sites (N-methyl/N-ethyl adjacent to an activating group) is 1. The van der Waals surface area contributed by atoms with E-state index >= 15 is 0 Å². The Morgan fingerprint density at radius 3 is 0.944 bits per heavy atom. The molecule has 0 spiro atoms. The van der Waals surface area contributed by atoms with Crippen LogP contribution in [0.25, 0.3) is 0 Å². The van der Waals surface area contributed by atoms with E-state index in [0.29, 0.717) is 19.1 Å². The van der Waals surface area contributed by atoms with Gasteiger partial charge in [-0.3, -0.25) is 4.90 Å². The van der Waals surface area contributed by atoms with Crippen LogP contribution >= 0.6 is 11.8 Å². The van der Waals surface area contributed by atoms with Gasteiger partial charge in [0.25, 0.3) is 0 Å². The number of amides is 2. The number of piperazine rings is 2. The molecule has 1 aromatic carbocycles. The quantitative estimate of drug-likeness (QED) is 0.0918. The number of carbonyl (C=O) groups excluding carboxylic acids is 2. The number of hydrogen-bond acceptors (Lipinski definition) is 11. The Kier molecular flexibility index (Phi) is 152.